The Kier molecular flexibility index (Phi) is 5.14. The topological polar surface area (TPSA) is 93.4 Å². The average molecular weight is 452 g/mol. The molecule has 4 atom stereocenters. The largest absolute Gasteiger partial charge is 0.509 e. The summed E-state index contributed by atoms with van der Waals surface area (Å²) in [6, 6.07) is 14.6. The van der Waals surface area contributed by atoms with Gasteiger partial charge < -0.3 is 28.1 Å². The molecular formula is C25H24O8. The Morgan fingerprint density at radius 2 is 1.70 bits per heavy atom. The number of fused-ring (bicyclic) bond motifs is 2. The van der Waals surface area contributed by atoms with E-state index in [1.807, 2.05) is 57.2 Å². The lowest BCUT2D eigenvalue weighted by molar-refractivity contribution is -0.282. The van der Waals surface area contributed by atoms with Gasteiger partial charge in [-0.2, -0.15) is 0 Å². The second-order valence-electron chi connectivity index (χ2n) is 8.69. The van der Waals surface area contributed by atoms with Crippen molar-refractivity contribution in [3.05, 3.63) is 64.5 Å². The SMILES string of the molecule is CO[C@@H]1C2OC(=O)OC2C(Oc2ccc3c(C)c(-c4ccccc4)c(=O)oc3c2)OC1(C)C. The van der Waals surface area contributed by atoms with Gasteiger partial charge in [0, 0.05) is 18.6 Å². The van der Waals surface area contributed by atoms with Crippen LogP contribution in [0.5, 0.6) is 5.75 Å². The van der Waals surface area contributed by atoms with E-state index in [9.17, 15) is 9.59 Å². The Bertz CT molecular complexity index is 1260. The van der Waals surface area contributed by atoms with Gasteiger partial charge >= 0.3 is 11.8 Å². The number of carbonyl (C=O) groups excluding carboxylic acids is 1. The third kappa shape index (κ3) is 3.65. The van der Waals surface area contributed by atoms with E-state index in [1.165, 1.54) is 7.11 Å². The molecule has 0 spiro atoms. The summed E-state index contributed by atoms with van der Waals surface area (Å²) in [6.45, 7) is 5.54. The summed E-state index contributed by atoms with van der Waals surface area (Å²) in [5, 5.41) is 0.790. The molecule has 0 radical (unpaired) electrons. The molecule has 0 amide bonds. The lowest BCUT2D eigenvalue weighted by Gasteiger charge is -2.45. The van der Waals surface area contributed by atoms with Crippen LogP contribution < -0.4 is 10.4 Å². The standard InChI is InChI=1S/C25H24O8/c1-13-16-11-10-15(12-17(16)30-22(26)18(13)14-8-6-5-7-9-14)29-23-20-19(31-24(27)32-20)21(28-4)25(2,3)33-23/h5-12,19-21,23H,1-4H3/t19?,20?,21-,23?/m1/s1. The highest BCUT2D eigenvalue weighted by Crippen LogP contribution is 2.39. The van der Waals surface area contributed by atoms with Gasteiger partial charge in [-0.25, -0.2) is 9.59 Å². The minimum absolute atomic E-state index is 0.385. The molecule has 2 aliphatic rings. The average Bonchev–Trinajstić information content (AvgIpc) is 3.15. The first-order valence-corrected chi connectivity index (χ1v) is 10.7. The summed E-state index contributed by atoms with van der Waals surface area (Å²) in [6.07, 6.45) is -3.74. The lowest BCUT2D eigenvalue weighted by atomic mass is 9.89. The zero-order valence-corrected chi connectivity index (χ0v) is 18.7. The molecule has 2 aromatic carbocycles. The molecule has 8 heteroatoms. The molecular weight excluding hydrogens is 428 g/mol. The molecule has 0 N–H and O–H groups in total. The van der Waals surface area contributed by atoms with Crippen LogP contribution in [0.15, 0.2) is 57.7 Å². The maximum Gasteiger partial charge on any atom is 0.509 e. The predicted octanol–water partition coefficient (Wildman–Crippen LogP) is 4.20. The van der Waals surface area contributed by atoms with Crippen LogP contribution in [0.1, 0.15) is 19.4 Å². The Labute approximate surface area is 190 Å². The third-order valence-corrected chi connectivity index (χ3v) is 6.17. The Hall–Kier alpha value is -3.36. The number of rotatable bonds is 4. The quantitative estimate of drug-likeness (QED) is 0.430. The van der Waals surface area contributed by atoms with E-state index in [0.717, 1.165) is 16.5 Å². The van der Waals surface area contributed by atoms with Gasteiger partial charge in [0.1, 0.15) is 17.4 Å². The Morgan fingerprint density at radius 1 is 0.970 bits per heavy atom. The van der Waals surface area contributed by atoms with Gasteiger partial charge in [0.05, 0.1) is 11.2 Å². The van der Waals surface area contributed by atoms with Gasteiger partial charge in [-0.3, -0.25) is 0 Å². The number of ether oxygens (including phenoxy) is 5. The number of hydrogen-bond donors (Lipinski definition) is 0. The summed E-state index contributed by atoms with van der Waals surface area (Å²) in [5.41, 5.74) is 1.28. The zero-order chi connectivity index (χ0) is 23.3. The van der Waals surface area contributed by atoms with Crippen LogP contribution in [0.2, 0.25) is 0 Å². The second-order valence-corrected chi connectivity index (χ2v) is 8.69. The van der Waals surface area contributed by atoms with E-state index in [1.54, 1.807) is 12.1 Å². The van der Waals surface area contributed by atoms with Crippen molar-refractivity contribution in [2.45, 2.75) is 51.0 Å². The maximum absolute atomic E-state index is 12.8. The maximum atomic E-state index is 12.8. The van der Waals surface area contributed by atoms with Crippen LogP contribution in [-0.4, -0.2) is 43.5 Å². The van der Waals surface area contributed by atoms with Crippen LogP contribution in [0.25, 0.3) is 22.1 Å². The summed E-state index contributed by atoms with van der Waals surface area (Å²) in [4.78, 5) is 24.6. The van der Waals surface area contributed by atoms with E-state index in [-0.39, 0.29) is 0 Å². The predicted molar refractivity (Wildman–Crippen MR) is 118 cm³/mol. The van der Waals surface area contributed by atoms with Gasteiger partial charge in [0.15, 0.2) is 6.10 Å². The number of carbonyl (C=O) groups is 1. The third-order valence-electron chi connectivity index (χ3n) is 6.17. The van der Waals surface area contributed by atoms with Crippen LogP contribution in [0.3, 0.4) is 0 Å². The fourth-order valence-corrected chi connectivity index (χ4v) is 4.65. The molecule has 0 aliphatic carbocycles. The lowest BCUT2D eigenvalue weighted by Crippen LogP contribution is -2.62. The molecule has 3 aromatic rings. The highest BCUT2D eigenvalue weighted by atomic mass is 16.8. The van der Waals surface area contributed by atoms with E-state index < -0.39 is 42.0 Å². The van der Waals surface area contributed by atoms with Crippen molar-refractivity contribution in [1.82, 2.24) is 0 Å². The van der Waals surface area contributed by atoms with Crippen LogP contribution in [0, 0.1) is 6.92 Å². The van der Waals surface area contributed by atoms with Gasteiger partial charge in [-0.15, -0.1) is 0 Å². The first-order chi connectivity index (χ1) is 15.8. The highest BCUT2D eigenvalue weighted by Gasteiger charge is 2.58. The van der Waals surface area contributed by atoms with Crippen molar-refractivity contribution in [1.29, 1.82) is 0 Å². The van der Waals surface area contributed by atoms with Crippen molar-refractivity contribution in [2.24, 2.45) is 0 Å². The van der Waals surface area contributed by atoms with Gasteiger partial charge in [0.25, 0.3) is 0 Å². The minimum atomic E-state index is -0.934. The highest BCUT2D eigenvalue weighted by molar-refractivity contribution is 5.87. The molecule has 8 nitrogen and oxygen atoms in total. The number of aryl methyl sites for hydroxylation is 1. The first kappa shape index (κ1) is 21.5. The van der Waals surface area contributed by atoms with E-state index in [4.69, 9.17) is 28.1 Å². The molecule has 0 bridgehead atoms. The van der Waals surface area contributed by atoms with Crippen molar-refractivity contribution in [3.8, 4) is 16.9 Å². The summed E-state index contributed by atoms with van der Waals surface area (Å²) in [7, 11) is 1.53. The summed E-state index contributed by atoms with van der Waals surface area (Å²) < 4.78 is 33.9. The van der Waals surface area contributed by atoms with Crippen LogP contribution >= 0.6 is 0 Å². The molecule has 3 unspecified atom stereocenters. The number of hydrogen-bond acceptors (Lipinski definition) is 8. The Balaban J connectivity index is 1.49. The first-order valence-electron chi connectivity index (χ1n) is 10.7. The normalized spacial score (nSPS) is 25.9. The fourth-order valence-electron chi connectivity index (χ4n) is 4.65. The monoisotopic (exact) mass is 452 g/mol. The smallest absolute Gasteiger partial charge is 0.461 e. The minimum Gasteiger partial charge on any atom is -0.461 e. The molecule has 172 valence electrons. The molecule has 2 fully saturated rings. The Morgan fingerprint density at radius 3 is 2.42 bits per heavy atom. The van der Waals surface area contributed by atoms with E-state index in [2.05, 4.69) is 0 Å². The van der Waals surface area contributed by atoms with E-state index >= 15 is 0 Å². The molecule has 5 rings (SSSR count). The molecule has 2 saturated heterocycles. The van der Waals surface area contributed by atoms with Gasteiger partial charge in [-0.05, 0) is 44.0 Å². The summed E-state index contributed by atoms with van der Waals surface area (Å²) in [5.74, 6) is 0.399. The summed E-state index contributed by atoms with van der Waals surface area (Å²) >= 11 is 0. The van der Waals surface area contributed by atoms with Crippen molar-refractivity contribution < 1.29 is 32.9 Å². The van der Waals surface area contributed by atoms with Crippen LogP contribution in [-0.2, 0) is 18.9 Å². The van der Waals surface area contributed by atoms with Crippen molar-refractivity contribution in [2.75, 3.05) is 7.11 Å². The van der Waals surface area contributed by atoms with Crippen molar-refractivity contribution >= 4 is 17.1 Å². The van der Waals surface area contributed by atoms with Crippen molar-refractivity contribution in [3.63, 3.8) is 0 Å². The second kappa shape index (κ2) is 7.90. The number of benzene rings is 2. The van der Waals surface area contributed by atoms with Gasteiger partial charge in [0.2, 0.25) is 12.4 Å². The zero-order valence-electron chi connectivity index (χ0n) is 18.7. The molecule has 33 heavy (non-hydrogen) atoms. The molecule has 2 aliphatic heterocycles. The van der Waals surface area contributed by atoms with Gasteiger partial charge in [-0.1, -0.05) is 30.3 Å². The fraction of sp³-hybridized carbons (Fsp3) is 0.360. The molecule has 1 aromatic heterocycles. The number of methoxy groups -OCH3 is 1. The van der Waals surface area contributed by atoms with Crippen LogP contribution in [0.4, 0.5) is 4.79 Å². The van der Waals surface area contributed by atoms with E-state index in [0.29, 0.717) is 16.9 Å². The molecule has 0 saturated carbocycles. The molecule has 3 heterocycles.